The number of carbonyl (C=O) groups is 1. The minimum absolute atomic E-state index is 0.567. The Bertz CT molecular complexity index is 423. The molecule has 0 saturated heterocycles. The van der Waals surface area contributed by atoms with E-state index >= 15 is 0 Å². The van der Waals surface area contributed by atoms with E-state index in [1.54, 1.807) is 20.8 Å². The van der Waals surface area contributed by atoms with E-state index in [-0.39, 0.29) is 0 Å². The molecule has 104 valence electrons. The van der Waals surface area contributed by atoms with E-state index in [2.05, 4.69) is 11.9 Å². The Morgan fingerprint density at radius 3 is 2.42 bits per heavy atom. The van der Waals surface area contributed by atoms with Crippen molar-refractivity contribution in [3.05, 3.63) is 48.6 Å². The van der Waals surface area contributed by atoms with Gasteiger partial charge >= 0.3 is 6.09 Å². The smallest absolute Gasteiger partial charge is 0.408 e. The molecule has 0 aliphatic rings. The molecule has 0 saturated carbocycles. The van der Waals surface area contributed by atoms with Crippen LogP contribution in [0.3, 0.4) is 0 Å². The lowest BCUT2D eigenvalue weighted by molar-refractivity contribution is 0.0454. The summed E-state index contributed by atoms with van der Waals surface area (Å²) < 4.78 is 5.19. The van der Waals surface area contributed by atoms with E-state index < -0.39 is 23.8 Å². The first-order valence-corrected chi connectivity index (χ1v) is 6.18. The number of carbonyl (C=O) groups excluding carboxylic acids is 1. The Hall–Kier alpha value is -1.81. The summed E-state index contributed by atoms with van der Waals surface area (Å²) in [6.07, 6.45) is -0.0631. The van der Waals surface area contributed by atoms with Crippen LogP contribution in [0.25, 0.3) is 0 Å². The zero-order valence-electron chi connectivity index (χ0n) is 11.6. The molecule has 0 fully saturated rings. The standard InChI is InChI=1S/C15H21NO3/c1-5-12(17)13(11-9-7-6-8-10-11)16-14(18)19-15(2,3)4/h5-10,12-13,17H,1H2,2-4H3,(H,16,18)/t12-,13+/m0/s1. The molecular formula is C15H21NO3. The van der Waals surface area contributed by atoms with Crippen molar-refractivity contribution in [1.29, 1.82) is 0 Å². The maximum absolute atomic E-state index is 11.8. The van der Waals surface area contributed by atoms with Gasteiger partial charge in [-0.2, -0.15) is 0 Å². The molecule has 0 aliphatic heterocycles. The van der Waals surface area contributed by atoms with Gasteiger partial charge in [0.05, 0.1) is 12.1 Å². The second-order valence-electron chi connectivity index (χ2n) is 5.26. The molecule has 1 rings (SSSR count). The molecule has 0 radical (unpaired) electrons. The van der Waals surface area contributed by atoms with Crippen molar-refractivity contribution in [2.45, 2.75) is 38.5 Å². The highest BCUT2D eigenvalue weighted by molar-refractivity contribution is 5.68. The topological polar surface area (TPSA) is 58.6 Å². The van der Waals surface area contributed by atoms with Crippen LogP contribution in [-0.2, 0) is 4.74 Å². The van der Waals surface area contributed by atoms with Gasteiger partial charge in [-0.3, -0.25) is 0 Å². The third-order valence-electron chi connectivity index (χ3n) is 2.41. The number of hydrogen-bond acceptors (Lipinski definition) is 3. The van der Waals surface area contributed by atoms with Crippen LogP contribution in [0.1, 0.15) is 32.4 Å². The van der Waals surface area contributed by atoms with Crippen LogP contribution in [0.15, 0.2) is 43.0 Å². The minimum Gasteiger partial charge on any atom is -0.444 e. The van der Waals surface area contributed by atoms with Crippen molar-refractivity contribution in [3.63, 3.8) is 0 Å². The Morgan fingerprint density at radius 2 is 1.95 bits per heavy atom. The normalized spacial score (nSPS) is 14.3. The average Bonchev–Trinajstić information content (AvgIpc) is 2.34. The zero-order valence-corrected chi connectivity index (χ0v) is 11.6. The summed E-state index contributed by atoms with van der Waals surface area (Å²) in [7, 11) is 0. The number of amides is 1. The summed E-state index contributed by atoms with van der Waals surface area (Å²) >= 11 is 0. The molecule has 0 bridgehead atoms. The van der Waals surface area contributed by atoms with Gasteiger partial charge in [0.2, 0.25) is 0 Å². The molecule has 0 aromatic heterocycles. The Labute approximate surface area is 114 Å². The number of ether oxygens (including phenoxy) is 1. The van der Waals surface area contributed by atoms with Crippen LogP contribution >= 0.6 is 0 Å². The van der Waals surface area contributed by atoms with Gasteiger partial charge in [-0.15, -0.1) is 6.58 Å². The highest BCUT2D eigenvalue weighted by Gasteiger charge is 2.24. The van der Waals surface area contributed by atoms with Gasteiger partial charge in [0.15, 0.2) is 0 Å². The van der Waals surface area contributed by atoms with Gasteiger partial charge in [-0.05, 0) is 26.3 Å². The van der Waals surface area contributed by atoms with E-state index in [0.29, 0.717) is 0 Å². The number of alkyl carbamates (subject to hydrolysis) is 1. The largest absolute Gasteiger partial charge is 0.444 e. The Balaban J connectivity index is 2.82. The molecule has 1 aromatic rings. The summed E-state index contributed by atoms with van der Waals surface area (Å²) in [5, 5.41) is 12.6. The lowest BCUT2D eigenvalue weighted by Crippen LogP contribution is -2.39. The minimum atomic E-state index is -0.880. The van der Waals surface area contributed by atoms with E-state index in [4.69, 9.17) is 4.74 Å². The molecule has 0 unspecified atom stereocenters. The highest BCUT2D eigenvalue weighted by atomic mass is 16.6. The number of rotatable bonds is 4. The average molecular weight is 263 g/mol. The second kappa shape index (κ2) is 6.38. The number of aliphatic hydroxyl groups excluding tert-OH is 1. The van der Waals surface area contributed by atoms with Crippen molar-refractivity contribution in [2.24, 2.45) is 0 Å². The monoisotopic (exact) mass is 263 g/mol. The third-order valence-corrected chi connectivity index (χ3v) is 2.41. The van der Waals surface area contributed by atoms with Crippen LogP contribution < -0.4 is 5.32 Å². The Kier molecular flexibility index (Phi) is 5.12. The molecule has 2 N–H and O–H groups in total. The van der Waals surface area contributed by atoms with Gasteiger partial charge in [0, 0.05) is 0 Å². The predicted octanol–water partition coefficient (Wildman–Crippen LogP) is 2.80. The maximum atomic E-state index is 11.8. The fourth-order valence-corrected chi connectivity index (χ4v) is 1.60. The predicted molar refractivity (Wildman–Crippen MR) is 74.8 cm³/mol. The summed E-state index contributed by atoms with van der Waals surface area (Å²) in [6.45, 7) is 8.90. The first-order valence-electron chi connectivity index (χ1n) is 6.18. The molecule has 0 heterocycles. The summed E-state index contributed by atoms with van der Waals surface area (Å²) in [5.74, 6) is 0. The summed E-state index contributed by atoms with van der Waals surface area (Å²) in [6, 6.07) is 8.63. The molecule has 2 atom stereocenters. The summed E-state index contributed by atoms with van der Waals surface area (Å²) in [4.78, 5) is 11.8. The number of benzene rings is 1. The van der Waals surface area contributed by atoms with Crippen molar-refractivity contribution >= 4 is 6.09 Å². The van der Waals surface area contributed by atoms with Crippen LogP contribution in [0, 0.1) is 0 Å². The molecule has 1 aromatic carbocycles. The van der Waals surface area contributed by atoms with E-state index in [1.807, 2.05) is 30.3 Å². The summed E-state index contributed by atoms with van der Waals surface area (Å²) in [5.41, 5.74) is 0.213. The van der Waals surface area contributed by atoms with Crippen molar-refractivity contribution in [1.82, 2.24) is 5.32 Å². The quantitative estimate of drug-likeness (QED) is 0.821. The first kappa shape index (κ1) is 15.2. The van der Waals surface area contributed by atoms with E-state index in [0.717, 1.165) is 5.56 Å². The highest BCUT2D eigenvalue weighted by Crippen LogP contribution is 2.18. The number of hydrogen-bond donors (Lipinski definition) is 2. The van der Waals surface area contributed by atoms with Gasteiger partial charge in [-0.1, -0.05) is 36.4 Å². The van der Waals surface area contributed by atoms with Gasteiger partial charge in [0.25, 0.3) is 0 Å². The third kappa shape index (κ3) is 5.14. The zero-order chi connectivity index (χ0) is 14.5. The molecule has 4 heteroatoms. The fraction of sp³-hybridized carbons (Fsp3) is 0.400. The molecular weight excluding hydrogens is 242 g/mol. The van der Waals surface area contributed by atoms with Crippen LogP contribution in [0.2, 0.25) is 0 Å². The van der Waals surface area contributed by atoms with E-state index in [9.17, 15) is 9.90 Å². The van der Waals surface area contributed by atoms with Crippen molar-refractivity contribution in [3.8, 4) is 0 Å². The lowest BCUT2D eigenvalue weighted by Gasteiger charge is -2.25. The Morgan fingerprint density at radius 1 is 1.37 bits per heavy atom. The molecule has 19 heavy (non-hydrogen) atoms. The SMILES string of the molecule is C=C[C@H](O)[C@H](NC(=O)OC(C)(C)C)c1ccccc1. The molecule has 0 spiro atoms. The van der Waals surface area contributed by atoms with Gasteiger partial charge in [-0.25, -0.2) is 4.79 Å². The molecule has 1 amide bonds. The number of nitrogens with one attached hydrogen (secondary N) is 1. The van der Waals surface area contributed by atoms with Crippen molar-refractivity contribution < 1.29 is 14.6 Å². The second-order valence-corrected chi connectivity index (χ2v) is 5.26. The van der Waals surface area contributed by atoms with Crippen LogP contribution in [0.4, 0.5) is 4.79 Å². The van der Waals surface area contributed by atoms with Crippen LogP contribution in [0.5, 0.6) is 0 Å². The lowest BCUT2D eigenvalue weighted by atomic mass is 10.0. The molecule has 4 nitrogen and oxygen atoms in total. The molecule has 0 aliphatic carbocycles. The number of aliphatic hydroxyl groups is 1. The maximum Gasteiger partial charge on any atom is 0.408 e. The van der Waals surface area contributed by atoms with E-state index in [1.165, 1.54) is 6.08 Å². The first-order chi connectivity index (χ1) is 8.83. The van der Waals surface area contributed by atoms with Gasteiger partial charge in [0.1, 0.15) is 5.60 Å². The van der Waals surface area contributed by atoms with Crippen molar-refractivity contribution in [2.75, 3.05) is 0 Å². The van der Waals surface area contributed by atoms with Crippen LogP contribution in [-0.4, -0.2) is 22.9 Å². The van der Waals surface area contributed by atoms with Gasteiger partial charge < -0.3 is 15.2 Å². The fourth-order valence-electron chi connectivity index (χ4n) is 1.60.